The van der Waals surface area contributed by atoms with E-state index < -0.39 is 15.4 Å². The smallest absolute Gasteiger partial charge is 0.230 e. The van der Waals surface area contributed by atoms with E-state index >= 15 is 0 Å². The number of amides is 1. The molecule has 0 aromatic heterocycles. The van der Waals surface area contributed by atoms with Gasteiger partial charge in [0.2, 0.25) is 5.91 Å². The molecule has 23 heavy (non-hydrogen) atoms. The van der Waals surface area contributed by atoms with Crippen LogP contribution in [0.25, 0.3) is 10.8 Å². The Balaban J connectivity index is 1.60. The maximum absolute atomic E-state index is 12.1. The molecule has 1 aliphatic heterocycles. The first kappa shape index (κ1) is 16.3. The molecule has 6 heteroatoms. The fourth-order valence-electron chi connectivity index (χ4n) is 2.89. The van der Waals surface area contributed by atoms with Crippen molar-refractivity contribution < 1.29 is 13.2 Å². The predicted molar refractivity (Wildman–Crippen MR) is 94.5 cm³/mol. The predicted octanol–water partition coefficient (Wildman–Crippen LogP) is 2.63. The number of thioether (sulfide) groups is 1. The topological polar surface area (TPSA) is 63.2 Å². The van der Waals surface area contributed by atoms with E-state index in [0.717, 1.165) is 10.3 Å². The summed E-state index contributed by atoms with van der Waals surface area (Å²) in [6.45, 7) is 1.80. The highest BCUT2D eigenvalue weighted by atomic mass is 32.2. The average Bonchev–Trinajstić information content (AvgIpc) is 2.78. The van der Waals surface area contributed by atoms with Gasteiger partial charge in [0, 0.05) is 4.90 Å². The van der Waals surface area contributed by atoms with Gasteiger partial charge in [-0.3, -0.25) is 4.79 Å². The highest BCUT2D eigenvalue weighted by molar-refractivity contribution is 8.00. The van der Waals surface area contributed by atoms with Gasteiger partial charge in [0.15, 0.2) is 9.84 Å². The van der Waals surface area contributed by atoms with Crippen molar-refractivity contribution >= 4 is 38.3 Å². The van der Waals surface area contributed by atoms with Crippen molar-refractivity contribution in [1.82, 2.24) is 5.32 Å². The lowest BCUT2D eigenvalue weighted by atomic mass is 10.0. The van der Waals surface area contributed by atoms with Crippen LogP contribution in [0.15, 0.2) is 47.4 Å². The molecule has 1 saturated heterocycles. The average molecular weight is 349 g/mol. The van der Waals surface area contributed by atoms with E-state index in [1.54, 1.807) is 6.92 Å². The van der Waals surface area contributed by atoms with Crippen LogP contribution in [-0.2, 0) is 14.6 Å². The van der Waals surface area contributed by atoms with Gasteiger partial charge < -0.3 is 5.32 Å². The molecule has 4 nitrogen and oxygen atoms in total. The molecule has 0 radical (unpaired) electrons. The third-order valence-electron chi connectivity index (χ3n) is 4.04. The van der Waals surface area contributed by atoms with Crippen LogP contribution in [0.3, 0.4) is 0 Å². The number of carbonyl (C=O) groups is 1. The summed E-state index contributed by atoms with van der Waals surface area (Å²) in [5.41, 5.74) is -0.625. The van der Waals surface area contributed by atoms with Crippen LogP contribution in [-0.4, -0.2) is 37.1 Å². The number of rotatable bonds is 4. The minimum absolute atomic E-state index is 0.0341. The van der Waals surface area contributed by atoms with E-state index in [9.17, 15) is 13.2 Å². The summed E-state index contributed by atoms with van der Waals surface area (Å²) < 4.78 is 23.1. The number of hydrogen-bond acceptors (Lipinski definition) is 4. The first-order chi connectivity index (χ1) is 10.9. The Morgan fingerprint density at radius 3 is 2.65 bits per heavy atom. The zero-order valence-electron chi connectivity index (χ0n) is 12.9. The Bertz CT molecular complexity index is 848. The van der Waals surface area contributed by atoms with E-state index in [1.165, 1.54) is 17.1 Å². The molecule has 1 fully saturated rings. The van der Waals surface area contributed by atoms with E-state index in [0.29, 0.717) is 6.42 Å². The Morgan fingerprint density at radius 1 is 1.22 bits per heavy atom. The van der Waals surface area contributed by atoms with Crippen molar-refractivity contribution in [3.05, 3.63) is 42.5 Å². The van der Waals surface area contributed by atoms with Gasteiger partial charge in [-0.05, 0) is 36.2 Å². The van der Waals surface area contributed by atoms with Gasteiger partial charge in [-0.15, -0.1) is 11.8 Å². The highest BCUT2D eigenvalue weighted by Crippen LogP contribution is 2.25. The normalized spacial score (nSPS) is 23.0. The summed E-state index contributed by atoms with van der Waals surface area (Å²) in [6.07, 6.45) is 0.488. The van der Waals surface area contributed by atoms with Crippen LogP contribution < -0.4 is 5.32 Å². The fourth-order valence-corrected chi connectivity index (χ4v) is 5.73. The van der Waals surface area contributed by atoms with Crippen LogP contribution in [0, 0.1) is 0 Å². The number of hydrogen-bond donors (Lipinski definition) is 1. The number of benzene rings is 2. The molecular formula is C17H19NO3S2. The molecule has 122 valence electrons. The number of fused-ring (bicyclic) bond motifs is 1. The number of nitrogens with one attached hydrogen (secondary N) is 1. The van der Waals surface area contributed by atoms with Gasteiger partial charge in [-0.2, -0.15) is 0 Å². The van der Waals surface area contributed by atoms with Crippen LogP contribution in [0.5, 0.6) is 0 Å². The van der Waals surface area contributed by atoms with Crippen molar-refractivity contribution in [3.8, 4) is 0 Å². The summed E-state index contributed by atoms with van der Waals surface area (Å²) in [7, 11) is -3.01. The van der Waals surface area contributed by atoms with Crippen molar-refractivity contribution in [2.75, 3.05) is 17.3 Å². The molecule has 2 aromatic rings. The summed E-state index contributed by atoms with van der Waals surface area (Å²) in [4.78, 5) is 13.2. The van der Waals surface area contributed by atoms with Gasteiger partial charge in [0.05, 0.1) is 22.8 Å². The van der Waals surface area contributed by atoms with Crippen LogP contribution in [0.1, 0.15) is 13.3 Å². The Kier molecular flexibility index (Phi) is 4.38. The van der Waals surface area contributed by atoms with E-state index in [1.807, 2.05) is 30.3 Å². The molecule has 1 heterocycles. The molecule has 0 saturated carbocycles. The molecule has 1 amide bonds. The summed E-state index contributed by atoms with van der Waals surface area (Å²) in [5, 5.41) is 5.20. The number of carbonyl (C=O) groups excluding carboxylic acids is 1. The maximum atomic E-state index is 12.1. The Labute approximate surface area is 140 Å². The van der Waals surface area contributed by atoms with E-state index in [2.05, 4.69) is 17.4 Å². The fraction of sp³-hybridized carbons (Fsp3) is 0.353. The van der Waals surface area contributed by atoms with Crippen LogP contribution >= 0.6 is 11.8 Å². The van der Waals surface area contributed by atoms with E-state index in [-0.39, 0.29) is 23.2 Å². The van der Waals surface area contributed by atoms with Crippen LogP contribution in [0.4, 0.5) is 0 Å². The summed E-state index contributed by atoms with van der Waals surface area (Å²) >= 11 is 1.46. The lowest BCUT2D eigenvalue weighted by molar-refractivity contribution is -0.120. The van der Waals surface area contributed by atoms with Gasteiger partial charge in [-0.25, -0.2) is 8.42 Å². The molecule has 0 spiro atoms. The molecule has 2 aromatic carbocycles. The second-order valence-electron chi connectivity index (χ2n) is 6.25. The molecule has 3 rings (SSSR count). The Hall–Kier alpha value is -1.53. The lowest BCUT2D eigenvalue weighted by Gasteiger charge is -2.23. The molecule has 1 unspecified atom stereocenters. The minimum Gasteiger partial charge on any atom is -0.349 e. The van der Waals surface area contributed by atoms with Crippen molar-refractivity contribution in [3.63, 3.8) is 0 Å². The van der Waals surface area contributed by atoms with Gasteiger partial charge in [0.1, 0.15) is 0 Å². The summed E-state index contributed by atoms with van der Waals surface area (Å²) in [6, 6.07) is 14.2. The second-order valence-corrected chi connectivity index (χ2v) is 9.48. The first-order valence-corrected chi connectivity index (χ1v) is 10.3. The SMILES string of the molecule is CC1(NC(=O)CSc2ccc3ccccc3c2)CCS(=O)(=O)C1. The highest BCUT2D eigenvalue weighted by Gasteiger charge is 2.39. The van der Waals surface area contributed by atoms with Crippen molar-refractivity contribution in [2.45, 2.75) is 23.8 Å². The zero-order chi connectivity index (χ0) is 16.5. The van der Waals surface area contributed by atoms with E-state index in [4.69, 9.17) is 0 Å². The molecule has 1 N–H and O–H groups in total. The first-order valence-electron chi connectivity index (χ1n) is 7.48. The van der Waals surface area contributed by atoms with Gasteiger partial charge in [0.25, 0.3) is 0 Å². The quantitative estimate of drug-likeness (QED) is 0.862. The van der Waals surface area contributed by atoms with Crippen molar-refractivity contribution in [1.29, 1.82) is 0 Å². The van der Waals surface area contributed by atoms with Crippen LogP contribution in [0.2, 0.25) is 0 Å². The van der Waals surface area contributed by atoms with Crippen molar-refractivity contribution in [2.24, 2.45) is 0 Å². The molecule has 1 aliphatic rings. The molecule has 0 aliphatic carbocycles. The summed E-state index contributed by atoms with van der Waals surface area (Å²) in [5.74, 6) is 0.352. The molecule has 0 bridgehead atoms. The zero-order valence-corrected chi connectivity index (χ0v) is 14.5. The maximum Gasteiger partial charge on any atom is 0.230 e. The monoisotopic (exact) mass is 349 g/mol. The van der Waals surface area contributed by atoms with Gasteiger partial charge >= 0.3 is 0 Å². The molecule has 1 atom stereocenters. The second kappa shape index (κ2) is 6.17. The molecular weight excluding hydrogens is 330 g/mol. The van der Waals surface area contributed by atoms with Gasteiger partial charge in [-0.1, -0.05) is 30.3 Å². The lowest BCUT2D eigenvalue weighted by Crippen LogP contribution is -2.47. The largest absolute Gasteiger partial charge is 0.349 e. The standard InChI is InChI=1S/C17H19NO3S2/c1-17(8-9-23(20,21)12-17)18-16(19)11-22-15-7-6-13-4-2-3-5-14(13)10-15/h2-7,10H,8-9,11-12H2,1H3,(H,18,19). The third kappa shape index (κ3) is 4.06. The third-order valence-corrected chi connectivity index (χ3v) is 6.93. The number of sulfone groups is 1. The Morgan fingerprint density at radius 2 is 1.96 bits per heavy atom. The minimum atomic E-state index is -3.01.